The van der Waals surface area contributed by atoms with Gasteiger partial charge in [0.15, 0.2) is 0 Å². The SMILES string of the molecule is CN(C)CCOc1cncc(-c2cc3c(-c4cc5c(N6CCN(C)CC6)ccnc5[nH]4)n[nH]c3cn2)c1. The number of H-pyrrole nitrogens is 2. The van der Waals surface area contributed by atoms with Crippen molar-refractivity contribution in [1.29, 1.82) is 0 Å². The molecule has 2 N–H and O–H groups in total. The summed E-state index contributed by atoms with van der Waals surface area (Å²) in [6.07, 6.45) is 7.23. The number of hydrogen-bond acceptors (Lipinski definition) is 8. The second-order valence-electron chi connectivity index (χ2n) is 9.81. The molecule has 1 aliphatic rings. The van der Waals surface area contributed by atoms with Crippen LogP contribution in [0.25, 0.3) is 44.6 Å². The summed E-state index contributed by atoms with van der Waals surface area (Å²) in [5.41, 5.74) is 6.42. The Morgan fingerprint density at radius 1 is 1.00 bits per heavy atom. The molecule has 0 atom stereocenters. The zero-order valence-corrected chi connectivity index (χ0v) is 21.4. The van der Waals surface area contributed by atoms with Crippen molar-refractivity contribution in [2.24, 2.45) is 0 Å². The van der Waals surface area contributed by atoms with Gasteiger partial charge in [-0.3, -0.25) is 15.1 Å². The Morgan fingerprint density at radius 3 is 2.70 bits per heavy atom. The standard InChI is InChI=1S/C27H31N9O/c1-34(2)10-11-37-19-12-18(15-28-16-19)22-13-20-24(17-30-22)32-33-26(20)23-14-21-25(4-5-29-27(21)31-23)36-8-6-35(3)7-9-36/h4-5,12-17H,6-11H2,1-3H3,(H,29,31)(H,32,33). The molecule has 190 valence electrons. The van der Waals surface area contributed by atoms with Crippen LogP contribution in [-0.4, -0.2) is 100 Å². The lowest BCUT2D eigenvalue weighted by molar-refractivity contribution is 0.261. The van der Waals surface area contributed by atoms with E-state index in [1.165, 1.54) is 5.69 Å². The summed E-state index contributed by atoms with van der Waals surface area (Å²) in [7, 11) is 6.22. The fourth-order valence-corrected chi connectivity index (χ4v) is 4.73. The number of piperazine rings is 1. The third-order valence-electron chi connectivity index (χ3n) is 6.87. The van der Waals surface area contributed by atoms with Crippen molar-refractivity contribution in [2.75, 3.05) is 65.4 Å². The number of ether oxygens (including phenoxy) is 1. The molecule has 5 aromatic rings. The number of aromatic amines is 2. The molecule has 5 aromatic heterocycles. The first-order valence-corrected chi connectivity index (χ1v) is 12.5. The summed E-state index contributed by atoms with van der Waals surface area (Å²) in [6.45, 7) is 5.55. The Balaban J connectivity index is 1.33. The topological polar surface area (TPSA) is 102 Å². The maximum atomic E-state index is 5.88. The van der Waals surface area contributed by atoms with E-state index >= 15 is 0 Å². The number of pyridine rings is 3. The number of nitrogens with zero attached hydrogens (tertiary/aromatic N) is 7. The van der Waals surface area contributed by atoms with Gasteiger partial charge in [-0.25, -0.2) is 4.98 Å². The quantitative estimate of drug-likeness (QED) is 0.353. The summed E-state index contributed by atoms with van der Waals surface area (Å²) in [4.78, 5) is 24.0. The maximum Gasteiger partial charge on any atom is 0.139 e. The van der Waals surface area contributed by atoms with Gasteiger partial charge in [0.2, 0.25) is 0 Å². The first kappa shape index (κ1) is 23.4. The Hall–Kier alpha value is -4.02. The molecule has 0 saturated carbocycles. The van der Waals surface area contributed by atoms with E-state index in [-0.39, 0.29) is 0 Å². The molecule has 0 aliphatic carbocycles. The van der Waals surface area contributed by atoms with Crippen molar-refractivity contribution in [1.82, 2.24) is 39.9 Å². The molecule has 37 heavy (non-hydrogen) atoms. The van der Waals surface area contributed by atoms with Gasteiger partial charge in [-0.15, -0.1) is 0 Å². The van der Waals surface area contributed by atoms with E-state index in [4.69, 9.17) is 4.74 Å². The highest BCUT2D eigenvalue weighted by molar-refractivity contribution is 5.99. The molecule has 1 saturated heterocycles. The van der Waals surface area contributed by atoms with Crippen molar-refractivity contribution >= 4 is 27.6 Å². The lowest BCUT2D eigenvalue weighted by Crippen LogP contribution is -2.44. The Bertz CT molecular complexity index is 1530. The zero-order valence-electron chi connectivity index (χ0n) is 21.4. The highest BCUT2D eigenvalue weighted by atomic mass is 16.5. The van der Waals surface area contributed by atoms with Crippen LogP contribution in [0, 0.1) is 0 Å². The zero-order chi connectivity index (χ0) is 25.4. The molecule has 0 aromatic carbocycles. The predicted octanol–water partition coefficient (Wildman–Crippen LogP) is 3.26. The monoisotopic (exact) mass is 497 g/mol. The minimum atomic E-state index is 0.598. The number of rotatable bonds is 7. The van der Waals surface area contributed by atoms with Crippen LogP contribution in [0.3, 0.4) is 0 Å². The first-order chi connectivity index (χ1) is 18.0. The minimum absolute atomic E-state index is 0.598. The van der Waals surface area contributed by atoms with Gasteiger partial charge in [-0.1, -0.05) is 0 Å². The lowest BCUT2D eigenvalue weighted by Gasteiger charge is -2.34. The van der Waals surface area contributed by atoms with Gasteiger partial charge >= 0.3 is 0 Å². The van der Waals surface area contributed by atoms with Crippen molar-refractivity contribution in [3.63, 3.8) is 0 Å². The molecule has 0 unspecified atom stereocenters. The van der Waals surface area contributed by atoms with Crippen molar-refractivity contribution in [2.45, 2.75) is 0 Å². The number of nitrogens with one attached hydrogen (secondary N) is 2. The first-order valence-electron chi connectivity index (χ1n) is 12.5. The van der Waals surface area contributed by atoms with Crippen molar-refractivity contribution in [3.05, 3.63) is 49.1 Å². The molecule has 6 heterocycles. The molecule has 0 radical (unpaired) electrons. The molecule has 1 aliphatic heterocycles. The second-order valence-corrected chi connectivity index (χ2v) is 9.81. The third kappa shape index (κ3) is 4.73. The molecular weight excluding hydrogens is 466 g/mol. The van der Waals surface area contributed by atoms with Crippen LogP contribution in [0.1, 0.15) is 0 Å². The Kier molecular flexibility index (Phi) is 6.19. The van der Waals surface area contributed by atoms with Crippen LogP contribution in [0.15, 0.2) is 49.1 Å². The lowest BCUT2D eigenvalue weighted by atomic mass is 10.1. The number of hydrogen-bond donors (Lipinski definition) is 2. The number of likely N-dealkylation sites (N-methyl/N-ethyl adjacent to an activating group) is 2. The number of aromatic nitrogens is 6. The average Bonchev–Trinajstić information content (AvgIpc) is 3.53. The highest BCUT2D eigenvalue weighted by Gasteiger charge is 2.19. The van der Waals surface area contributed by atoms with E-state index in [0.29, 0.717) is 6.61 Å². The number of anilines is 1. The number of fused-ring (bicyclic) bond motifs is 2. The second kappa shape index (κ2) is 9.79. The summed E-state index contributed by atoms with van der Waals surface area (Å²) in [6, 6.07) is 8.30. The Morgan fingerprint density at radius 2 is 1.86 bits per heavy atom. The normalized spacial score (nSPS) is 14.8. The predicted molar refractivity (Wildman–Crippen MR) is 146 cm³/mol. The van der Waals surface area contributed by atoms with Crippen LogP contribution in [0.2, 0.25) is 0 Å². The molecule has 0 amide bonds. The molecule has 1 fully saturated rings. The van der Waals surface area contributed by atoms with Crippen LogP contribution in [-0.2, 0) is 0 Å². The summed E-state index contributed by atoms with van der Waals surface area (Å²) < 4.78 is 5.88. The molecule has 0 spiro atoms. The average molecular weight is 498 g/mol. The summed E-state index contributed by atoms with van der Waals surface area (Å²) in [5, 5.41) is 9.85. The molecule has 10 nitrogen and oxygen atoms in total. The molecular formula is C27H31N9O. The van der Waals surface area contributed by atoms with Gasteiger partial charge in [0, 0.05) is 67.1 Å². The van der Waals surface area contributed by atoms with Crippen LogP contribution < -0.4 is 9.64 Å². The van der Waals surface area contributed by atoms with Gasteiger partial charge in [-0.05, 0) is 45.4 Å². The smallest absolute Gasteiger partial charge is 0.139 e. The summed E-state index contributed by atoms with van der Waals surface area (Å²) >= 11 is 0. The van der Waals surface area contributed by atoms with E-state index in [1.807, 2.05) is 38.8 Å². The van der Waals surface area contributed by atoms with E-state index < -0.39 is 0 Å². The maximum absolute atomic E-state index is 5.88. The fourth-order valence-electron chi connectivity index (χ4n) is 4.73. The Labute approximate surface area is 215 Å². The van der Waals surface area contributed by atoms with E-state index in [2.05, 4.69) is 70.1 Å². The van der Waals surface area contributed by atoms with E-state index in [9.17, 15) is 0 Å². The third-order valence-corrected chi connectivity index (χ3v) is 6.87. The van der Waals surface area contributed by atoms with Gasteiger partial charge in [0.05, 0.1) is 29.3 Å². The minimum Gasteiger partial charge on any atom is -0.491 e. The van der Waals surface area contributed by atoms with Gasteiger partial charge < -0.3 is 24.4 Å². The highest BCUT2D eigenvalue weighted by Crippen LogP contribution is 2.34. The molecule has 0 bridgehead atoms. The van der Waals surface area contributed by atoms with Gasteiger partial charge in [-0.2, -0.15) is 5.10 Å². The van der Waals surface area contributed by atoms with Gasteiger partial charge in [0.25, 0.3) is 0 Å². The largest absolute Gasteiger partial charge is 0.491 e. The fraction of sp³-hybridized carbons (Fsp3) is 0.333. The van der Waals surface area contributed by atoms with E-state index in [0.717, 1.165) is 83.1 Å². The molecule has 6 rings (SSSR count). The van der Waals surface area contributed by atoms with E-state index in [1.54, 1.807) is 6.20 Å². The summed E-state index contributed by atoms with van der Waals surface area (Å²) in [5.74, 6) is 0.729. The van der Waals surface area contributed by atoms with Crippen molar-refractivity contribution < 1.29 is 4.74 Å². The molecule has 10 heteroatoms. The van der Waals surface area contributed by atoms with Crippen LogP contribution >= 0.6 is 0 Å². The van der Waals surface area contributed by atoms with Crippen molar-refractivity contribution in [3.8, 4) is 28.4 Å². The van der Waals surface area contributed by atoms with Gasteiger partial charge in [0.1, 0.15) is 23.7 Å². The van der Waals surface area contributed by atoms with Crippen LogP contribution in [0.4, 0.5) is 5.69 Å². The van der Waals surface area contributed by atoms with Crippen LogP contribution in [0.5, 0.6) is 5.75 Å².